The fourth-order valence-corrected chi connectivity index (χ4v) is 4.20. The first-order valence-corrected chi connectivity index (χ1v) is 10.1. The Kier molecular flexibility index (Phi) is 6.36. The minimum Gasteiger partial charge on any atom is -0.0817 e. The first-order chi connectivity index (χ1) is 11.0. The summed E-state index contributed by atoms with van der Waals surface area (Å²) in [5.74, 6) is 0. The minimum absolute atomic E-state index is 0.208. The van der Waals surface area contributed by atoms with Crippen LogP contribution in [0.15, 0.2) is 18.2 Å². The van der Waals surface area contributed by atoms with Crippen LogP contribution in [-0.2, 0) is 5.41 Å². The molecule has 0 radical (unpaired) electrons. The summed E-state index contributed by atoms with van der Waals surface area (Å²) < 4.78 is 0. The zero-order chi connectivity index (χ0) is 19.8. The van der Waals surface area contributed by atoms with Crippen LogP contribution in [0.4, 0.5) is 0 Å². The van der Waals surface area contributed by atoms with Crippen LogP contribution in [-0.4, -0.2) is 6.71 Å². The summed E-state index contributed by atoms with van der Waals surface area (Å²) in [6.07, 6.45) is 2.42. The average molecular weight is 342 g/mol. The third-order valence-corrected chi connectivity index (χ3v) is 6.41. The molecule has 142 valence electrons. The van der Waals surface area contributed by atoms with Crippen molar-refractivity contribution in [3.05, 3.63) is 29.3 Å². The van der Waals surface area contributed by atoms with Gasteiger partial charge in [-0.05, 0) is 40.6 Å². The zero-order valence-electron chi connectivity index (χ0n) is 19.2. The van der Waals surface area contributed by atoms with Crippen LogP contribution >= 0.6 is 0 Å². The van der Waals surface area contributed by atoms with Gasteiger partial charge in [0.1, 0.15) is 0 Å². The van der Waals surface area contributed by atoms with E-state index in [2.05, 4.69) is 101 Å². The van der Waals surface area contributed by atoms with Crippen molar-refractivity contribution in [2.45, 2.75) is 101 Å². The summed E-state index contributed by atoms with van der Waals surface area (Å²) in [7, 11) is 0. The Morgan fingerprint density at radius 3 is 1.80 bits per heavy atom. The number of benzene rings is 1. The summed E-state index contributed by atoms with van der Waals surface area (Å²) in [4.78, 5) is 0. The summed E-state index contributed by atoms with van der Waals surface area (Å²) in [5, 5.41) is 0. The molecular formula is C24H43B. The van der Waals surface area contributed by atoms with E-state index in [1.807, 2.05) is 0 Å². The Morgan fingerprint density at radius 1 is 0.840 bits per heavy atom. The molecule has 0 nitrogen and oxygen atoms in total. The second-order valence-electron chi connectivity index (χ2n) is 11.9. The average Bonchev–Trinajstić information content (AvgIpc) is 2.33. The Bertz CT molecular complexity index is 579. The lowest BCUT2D eigenvalue weighted by atomic mass is 9.38. The Labute approximate surface area is 159 Å². The Balaban J connectivity index is 3.18. The van der Waals surface area contributed by atoms with Gasteiger partial charge in [0, 0.05) is 0 Å². The van der Waals surface area contributed by atoms with E-state index in [1.54, 1.807) is 0 Å². The van der Waals surface area contributed by atoms with Gasteiger partial charge < -0.3 is 0 Å². The van der Waals surface area contributed by atoms with Crippen LogP contribution < -0.4 is 5.46 Å². The van der Waals surface area contributed by atoms with Gasteiger partial charge in [0.2, 0.25) is 0 Å². The van der Waals surface area contributed by atoms with Crippen molar-refractivity contribution in [3.63, 3.8) is 0 Å². The minimum atomic E-state index is 0.208. The molecule has 0 amide bonds. The van der Waals surface area contributed by atoms with E-state index in [-0.39, 0.29) is 5.41 Å². The van der Waals surface area contributed by atoms with Crippen molar-refractivity contribution in [3.8, 4) is 0 Å². The number of hydrogen-bond acceptors (Lipinski definition) is 0. The maximum absolute atomic E-state index is 2.50. The van der Waals surface area contributed by atoms with E-state index < -0.39 is 0 Å². The molecule has 0 fully saturated rings. The molecular weight excluding hydrogens is 299 g/mol. The SMILES string of the molecule is CB(CC(C)(C)C(C)(C)C)c1cc(C(C)(C)CC(C)(C)C)ccc1C. The van der Waals surface area contributed by atoms with Gasteiger partial charge in [0.25, 0.3) is 0 Å². The van der Waals surface area contributed by atoms with Gasteiger partial charge in [-0.3, -0.25) is 0 Å². The predicted octanol–water partition coefficient (Wildman–Crippen LogP) is 7.11. The normalized spacial score (nSPS) is 13.9. The monoisotopic (exact) mass is 342 g/mol. The molecule has 1 aromatic rings. The van der Waals surface area contributed by atoms with Crippen LogP contribution in [0.5, 0.6) is 0 Å². The van der Waals surface area contributed by atoms with E-state index in [9.17, 15) is 0 Å². The van der Waals surface area contributed by atoms with Crippen molar-refractivity contribution in [1.29, 1.82) is 0 Å². The molecule has 0 aromatic heterocycles. The molecule has 0 unspecified atom stereocenters. The van der Waals surface area contributed by atoms with Crippen LogP contribution in [0.25, 0.3) is 0 Å². The van der Waals surface area contributed by atoms with Crippen molar-refractivity contribution >= 4 is 12.2 Å². The predicted molar refractivity (Wildman–Crippen MR) is 118 cm³/mol. The number of aryl methyl sites for hydroxylation is 1. The Hall–Kier alpha value is -0.715. The van der Waals surface area contributed by atoms with Gasteiger partial charge in [-0.25, -0.2) is 0 Å². The van der Waals surface area contributed by atoms with Gasteiger partial charge in [-0.2, -0.15) is 0 Å². The fourth-order valence-electron chi connectivity index (χ4n) is 4.20. The molecule has 0 saturated carbocycles. The van der Waals surface area contributed by atoms with Crippen molar-refractivity contribution in [1.82, 2.24) is 0 Å². The van der Waals surface area contributed by atoms with Crippen molar-refractivity contribution in [2.75, 3.05) is 0 Å². The largest absolute Gasteiger partial charge is 0.173 e. The van der Waals surface area contributed by atoms with E-state index in [0.29, 0.717) is 23.0 Å². The van der Waals surface area contributed by atoms with Crippen molar-refractivity contribution in [2.24, 2.45) is 16.2 Å². The van der Waals surface area contributed by atoms with E-state index in [4.69, 9.17) is 0 Å². The quantitative estimate of drug-likeness (QED) is 0.500. The van der Waals surface area contributed by atoms with Gasteiger partial charge in [-0.15, -0.1) is 0 Å². The van der Waals surface area contributed by atoms with E-state index in [0.717, 1.165) is 0 Å². The van der Waals surface area contributed by atoms with Crippen LogP contribution in [0.3, 0.4) is 0 Å². The molecule has 1 heteroatoms. The third-order valence-electron chi connectivity index (χ3n) is 6.41. The van der Waals surface area contributed by atoms with E-state index >= 15 is 0 Å². The molecule has 25 heavy (non-hydrogen) atoms. The van der Waals surface area contributed by atoms with Crippen LogP contribution in [0, 0.1) is 23.2 Å². The van der Waals surface area contributed by atoms with Gasteiger partial charge >= 0.3 is 0 Å². The first-order valence-electron chi connectivity index (χ1n) is 10.1. The van der Waals surface area contributed by atoms with Gasteiger partial charge in [-0.1, -0.05) is 112 Å². The van der Waals surface area contributed by atoms with E-state index in [1.165, 1.54) is 29.3 Å². The molecule has 1 rings (SSSR count). The highest BCUT2D eigenvalue weighted by Crippen LogP contribution is 2.42. The lowest BCUT2D eigenvalue weighted by molar-refractivity contribution is 0.156. The summed E-state index contributed by atoms with van der Waals surface area (Å²) in [5.41, 5.74) is 5.65. The molecule has 0 heterocycles. The van der Waals surface area contributed by atoms with Gasteiger partial charge in [0.05, 0.1) is 0 Å². The van der Waals surface area contributed by atoms with Crippen LogP contribution in [0.2, 0.25) is 13.1 Å². The summed E-state index contributed by atoms with van der Waals surface area (Å²) in [6.45, 7) is 29.1. The maximum Gasteiger partial charge on any atom is 0.173 e. The highest BCUT2D eigenvalue weighted by atomic mass is 14.4. The molecule has 0 atom stereocenters. The second-order valence-corrected chi connectivity index (χ2v) is 11.9. The van der Waals surface area contributed by atoms with Gasteiger partial charge in [0.15, 0.2) is 6.71 Å². The Morgan fingerprint density at radius 2 is 1.36 bits per heavy atom. The topological polar surface area (TPSA) is 0 Å². The molecule has 0 aliphatic rings. The molecule has 0 saturated heterocycles. The molecule has 1 aromatic carbocycles. The highest BCUT2D eigenvalue weighted by molar-refractivity contribution is 6.72. The second kappa shape index (κ2) is 7.13. The summed E-state index contributed by atoms with van der Waals surface area (Å²) >= 11 is 0. The molecule has 0 aliphatic heterocycles. The smallest absolute Gasteiger partial charge is 0.0817 e. The third kappa shape index (κ3) is 5.90. The van der Waals surface area contributed by atoms with Crippen LogP contribution in [0.1, 0.15) is 86.8 Å². The maximum atomic E-state index is 2.50. The molecule has 0 aliphatic carbocycles. The standard InChI is InChI=1S/C24H43B/c1-18-13-14-19(23(8,9)16-21(2,3)4)15-20(18)25(12)17-24(10,11)22(5,6)7/h13-15H,16-17H2,1-12H3. The zero-order valence-corrected chi connectivity index (χ0v) is 19.2. The first kappa shape index (κ1) is 22.3. The molecule has 0 bridgehead atoms. The summed E-state index contributed by atoms with van der Waals surface area (Å²) in [6, 6.07) is 7.20. The van der Waals surface area contributed by atoms with Crippen molar-refractivity contribution < 1.29 is 0 Å². The number of hydrogen-bond donors (Lipinski definition) is 0. The fraction of sp³-hybridized carbons (Fsp3) is 0.750. The lowest BCUT2D eigenvalue weighted by Crippen LogP contribution is -2.40. The number of rotatable bonds is 5. The molecule has 0 N–H and O–H groups in total. The lowest BCUT2D eigenvalue weighted by Gasteiger charge is -2.41. The highest BCUT2D eigenvalue weighted by Gasteiger charge is 2.36. The molecule has 0 spiro atoms.